The second-order valence-corrected chi connectivity index (χ2v) is 7.76. The van der Waals surface area contributed by atoms with E-state index in [0.29, 0.717) is 11.3 Å². The molecule has 0 spiro atoms. The van der Waals surface area contributed by atoms with Crippen LogP contribution in [0.5, 0.6) is 0 Å². The van der Waals surface area contributed by atoms with E-state index < -0.39 is 12.5 Å². The summed E-state index contributed by atoms with van der Waals surface area (Å²) in [5.41, 5.74) is 1.46. The van der Waals surface area contributed by atoms with Crippen LogP contribution in [0.1, 0.15) is 20.8 Å². The van der Waals surface area contributed by atoms with Gasteiger partial charge in [-0.15, -0.1) is 0 Å². The molecule has 4 nitrogen and oxygen atoms in total. The Morgan fingerprint density at radius 3 is 2.04 bits per heavy atom. The summed E-state index contributed by atoms with van der Waals surface area (Å²) >= 11 is 0. The molecule has 0 fully saturated rings. The fourth-order valence-electron chi connectivity index (χ4n) is 3.20. The van der Waals surface area contributed by atoms with Crippen molar-refractivity contribution in [3.8, 4) is 22.5 Å². The smallest absolute Gasteiger partial charge is 0.593 e. The first-order chi connectivity index (χ1) is 13.3. The van der Waals surface area contributed by atoms with Crippen molar-refractivity contribution in [2.24, 2.45) is 10.4 Å². The van der Waals surface area contributed by atoms with E-state index in [1.165, 1.54) is 6.20 Å². The average molecular weight is 379 g/mol. The number of fused-ring (bicyclic) bond motifs is 1. The van der Waals surface area contributed by atoms with E-state index in [4.69, 9.17) is 4.65 Å². The molecule has 28 heavy (non-hydrogen) atoms. The molecular weight excluding hydrogens is 359 g/mol. The van der Waals surface area contributed by atoms with Crippen molar-refractivity contribution in [1.82, 2.24) is 4.98 Å². The van der Waals surface area contributed by atoms with Crippen LogP contribution in [0.2, 0.25) is 0 Å². The summed E-state index contributed by atoms with van der Waals surface area (Å²) in [6.45, 7) is 5.37. The third kappa shape index (κ3) is 3.17. The molecular formula is C21H20BF2N3O. The molecule has 2 aromatic carbocycles. The van der Waals surface area contributed by atoms with Gasteiger partial charge < -0.3 is 17.8 Å². The Morgan fingerprint density at radius 1 is 0.893 bits per heavy atom. The molecule has 0 atom stereocenters. The highest BCUT2D eigenvalue weighted by Crippen LogP contribution is 2.34. The van der Waals surface area contributed by atoms with Gasteiger partial charge in [0.15, 0.2) is 0 Å². The normalized spacial score (nSPS) is 15.4. The summed E-state index contributed by atoms with van der Waals surface area (Å²) in [4.78, 5) is 8.88. The number of rotatable bonds is 2. The van der Waals surface area contributed by atoms with Crippen molar-refractivity contribution < 1.29 is 17.8 Å². The van der Waals surface area contributed by atoms with E-state index in [2.05, 4.69) is 9.98 Å². The van der Waals surface area contributed by atoms with Gasteiger partial charge in [-0.3, -0.25) is 0 Å². The van der Waals surface area contributed by atoms with E-state index >= 15 is 8.63 Å². The first-order valence-electron chi connectivity index (χ1n) is 9.12. The number of aliphatic imine (C=N–C) groups is 1. The van der Waals surface area contributed by atoms with E-state index in [-0.39, 0.29) is 17.4 Å². The van der Waals surface area contributed by atoms with Crippen LogP contribution >= 0.6 is 0 Å². The summed E-state index contributed by atoms with van der Waals surface area (Å²) in [5, 5.41) is 0. The van der Waals surface area contributed by atoms with Crippen molar-refractivity contribution >= 4 is 18.8 Å². The lowest BCUT2D eigenvalue weighted by Crippen LogP contribution is -2.65. The molecule has 0 amide bonds. The van der Waals surface area contributed by atoms with Crippen LogP contribution in [-0.4, -0.2) is 17.9 Å². The maximum Gasteiger partial charge on any atom is 0.736 e. The first kappa shape index (κ1) is 18.3. The molecule has 0 N–H and O–H groups in total. The second-order valence-electron chi connectivity index (χ2n) is 7.76. The van der Waals surface area contributed by atoms with E-state index in [1.807, 2.05) is 48.5 Å². The highest BCUT2D eigenvalue weighted by Gasteiger charge is 2.50. The van der Waals surface area contributed by atoms with Gasteiger partial charge in [0.25, 0.3) is 5.90 Å². The Morgan fingerprint density at radius 2 is 1.46 bits per heavy atom. The fraction of sp³-hybridized carbons (Fsp3) is 0.190. The molecule has 0 aliphatic carbocycles. The lowest BCUT2D eigenvalue weighted by Gasteiger charge is -2.33. The molecule has 2 heterocycles. The van der Waals surface area contributed by atoms with Crippen LogP contribution in [0.4, 0.5) is 14.4 Å². The van der Waals surface area contributed by atoms with E-state index in [9.17, 15) is 0 Å². The minimum atomic E-state index is -4.38. The van der Waals surface area contributed by atoms with Gasteiger partial charge in [-0.05, 0) is 25.8 Å². The molecule has 0 radical (unpaired) electrons. The first-order valence-corrected chi connectivity index (χ1v) is 9.12. The third-order valence-corrected chi connectivity index (χ3v) is 4.53. The summed E-state index contributed by atoms with van der Waals surface area (Å²) in [7, 11) is -4.38. The highest BCUT2D eigenvalue weighted by molar-refractivity contribution is 6.53. The Bertz CT molecular complexity index is 1050. The van der Waals surface area contributed by atoms with Gasteiger partial charge in [0.2, 0.25) is 0 Å². The summed E-state index contributed by atoms with van der Waals surface area (Å²) in [6.07, 6.45) is 1.39. The lowest BCUT2D eigenvalue weighted by molar-refractivity contribution is -0.557. The van der Waals surface area contributed by atoms with Crippen LogP contribution in [0.3, 0.4) is 0 Å². The molecule has 0 saturated heterocycles. The van der Waals surface area contributed by atoms with Crippen molar-refractivity contribution in [2.75, 3.05) is 0 Å². The summed E-state index contributed by atoms with van der Waals surface area (Å²) in [5.74, 6) is 0.0884. The zero-order valence-electron chi connectivity index (χ0n) is 15.9. The minimum Gasteiger partial charge on any atom is -0.593 e. The van der Waals surface area contributed by atoms with Gasteiger partial charge in [0.1, 0.15) is 17.6 Å². The van der Waals surface area contributed by atoms with Crippen LogP contribution in [0.25, 0.3) is 22.5 Å². The average Bonchev–Trinajstić information content (AvgIpc) is 2.67. The molecule has 4 rings (SSSR count). The molecule has 3 aromatic rings. The third-order valence-electron chi connectivity index (χ3n) is 4.53. The number of hydrogen-bond donors (Lipinski definition) is 0. The molecule has 1 aromatic heterocycles. The van der Waals surface area contributed by atoms with Crippen molar-refractivity contribution in [3.63, 3.8) is 0 Å². The zero-order valence-corrected chi connectivity index (χ0v) is 15.9. The SMILES string of the molecule is CC(C)(C)C1=Nc2cnc(-c3ccccc3)c(-c3ccccc3)[n+]2[B-](F)(F)O1. The second kappa shape index (κ2) is 6.51. The molecule has 1 aliphatic heterocycles. The van der Waals surface area contributed by atoms with E-state index in [1.54, 1.807) is 32.9 Å². The topological polar surface area (TPSA) is 38.4 Å². The monoisotopic (exact) mass is 379 g/mol. The van der Waals surface area contributed by atoms with Crippen LogP contribution < -0.4 is 4.48 Å². The number of hydrogen-bond acceptors (Lipinski definition) is 3. The summed E-state index contributed by atoms with van der Waals surface area (Å²) < 4.78 is 36.6. The number of aromatic nitrogens is 2. The minimum absolute atomic E-state index is 0.00535. The predicted octanol–water partition coefficient (Wildman–Crippen LogP) is 5.03. The van der Waals surface area contributed by atoms with Gasteiger partial charge in [-0.25, -0.2) is 4.98 Å². The number of nitrogens with zero attached hydrogens (tertiary/aromatic N) is 3. The maximum absolute atomic E-state index is 15.3. The van der Waals surface area contributed by atoms with Crippen molar-refractivity contribution in [3.05, 3.63) is 66.9 Å². The van der Waals surface area contributed by atoms with E-state index in [0.717, 1.165) is 10.0 Å². The van der Waals surface area contributed by atoms with Gasteiger partial charge in [-0.2, -0.15) is 0 Å². The highest BCUT2D eigenvalue weighted by atomic mass is 19.3. The van der Waals surface area contributed by atoms with Gasteiger partial charge in [0.05, 0.1) is 5.41 Å². The lowest BCUT2D eigenvalue weighted by atomic mass is 9.92. The van der Waals surface area contributed by atoms with Gasteiger partial charge in [0, 0.05) is 11.1 Å². The molecule has 1 aliphatic rings. The zero-order chi connectivity index (χ0) is 19.9. The number of halogens is 2. The van der Waals surface area contributed by atoms with Crippen LogP contribution in [0.15, 0.2) is 71.9 Å². The maximum atomic E-state index is 15.3. The Balaban J connectivity index is 2.06. The summed E-state index contributed by atoms with van der Waals surface area (Å²) in [6, 6.07) is 18.3. The molecule has 0 saturated carbocycles. The Kier molecular flexibility index (Phi) is 4.25. The largest absolute Gasteiger partial charge is 0.736 e. The standard InChI is InChI=1S/C21H20BF2N3O/c1-21(2,3)20-26-17-14-25-18(15-10-6-4-7-11-15)19(16-12-8-5-9-13-16)27(17)22(23,24)28-20/h4-14H,1-3H3. The van der Waals surface area contributed by atoms with Crippen LogP contribution in [0, 0.1) is 5.41 Å². The predicted molar refractivity (Wildman–Crippen MR) is 106 cm³/mol. The fourth-order valence-corrected chi connectivity index (χ4v) is 3.20. The number of benzene rings is 2. The molecule has 7 heteroatoms. The van der Waals surface area contributed by atoms with Crippen molar-refractivity contribution in [1.29, 1.82) is 0 Å². The van der Waals surface area contributed by atoms with Crippen LogP contribution in [-0.2, 0) is 4.65 Å². The van der Waals surface area contributed by atoms with Gasteiger partial charge in [-0.1, -0.05) is 60.7 Å². The van der Waals surface area contributed by atoms with Crippen molar-refractivity contribution in [2.45, 2.75) is 20.8 Å². The molecule has 0 bridgehead atoms. The quantitative estimate of drug-likeness (QED) is 0.586. The van der Waals surface area contributed by atoms with Gasteiger partial charge >= 0.3 is 12.9 Å². The Hall–Kier alpha value is -3.09. The molecule has 142 valence electrons. The Labute approximate surface area is 162 Å². The molecule has 0 unspecified atom stereocenters.